The number of benzene rings is 1. The molecule has 0 saturated carbocycles. The average molecular weight is 184 g/mol. The summed E-state index contributed by atoms with van der Waals surface area (Å²) in [5.74, 6) is 0.400. The lowest BCUT2D eigenvalue weighted by Gasteiger charge is -2.08. The van der Waals surface area contributed by atoms with Gasteiger partial charge >= 0.3 is 0 Å². The summed E-state index contributed by atoms with van der Waals surface area (Å²) in [4.78, 5) is 0. The van der Waals surface area contributed by atoms with E-state index in [4.69, 9.17) is 10.5 Å². The van der Waals surface area contributed by atoms with Gasteiger partial charge in [0.25, 0.3) is 0 Å². The summed E-state index contributed by atoms with van der Waals surface area (Å²) in [5.41, 5.74) is 6.03. The van der Waals surface area contributed by atoms with Gasteiger partial charge in [-0.1, -0.05) is 0 Å². The van der Waals surface area contributed by atoms with Gasteiger partial charge < -0.3 is 15.8 Å². The van der Waals surface area contributed by atoms with Crippen molar-refractivity contribution in [3.05, 3.63) is 29.6 Å². The Morgan fingerprint density at radius 1 is 1.54 bits per heavy atom. The van der Waals surface area contributed by atoms with Gasteiger partial charge in [0.2, 0.25) is 0 Å². The van der Waals surface area contributed by atoms with E-state index in [1.165, 1.54) is 12.1 Å². The molecule has 0 bridgehead atoms. The Morgan fingerprint density at radius 3 is 2.92 bits per heavy atom. The number of ether oxygens (including phenoxy) is 1. The number of hydrogen-bond donors (Lipinski definition) is 2. The molecule has 0 atom stereocenters. The average Bonchev–Trinajstić information content (AvgIpc) is 2.15. The smallest absolute Gasteiger partial charge is 0.123 e. The van der Waals surface area contributed by atoms with E-state index >= 15 is 0 Å². The zero-order valence-corrected chi connectivity index (χ0v) is 7.51. The fourth-order valence-corrected chi connectivity index (χ4v) is 1.09. The van der Waals surface area contributed by atoms with Crippen molar-refractivity contribution in [3.63, 3.8) is 0 Å². The molecule has 0 aliphatic rings. The highest BCUT2D eigenvalue weighted by molar-refractivity contribution is 5.33. The van der Waals surface area contributed by atoms with Crippen molar-refractivity contribution in [1.29, 1.82) is 0 Å². The molecular formula is C9H13FN2O. The Kier molecular flexibility index (Phi) is 3.67. The predicted octanol–water partition coefficient (Wildman–Crippen LogP) is 0.840. The summed E-state index contributed by atoms with van der Waals surface area (Å²) in [5, 5.41) is 2.90. The summed E-state index contributed by atoms with van der Waals surface area (Å²) in [6.07, 6.45) is 0. The van der Waals surface area contributed by atoms with Crippen LogP contribution in [0.25, 0.3) is 0 Å². The standard InChI is InChI=1S/C9H13FN2O/c1-13-9-3-2-8(10)4-7(9)5-12-6-11/h2-4,12H,5-6,11H2,1H3. The van der Waals surface area contributed by atoms with Crippen LogP contribution in [0, 0.1) is 5.82 Å². The normalized spacial score (nSPS) is 10.1. The van der Waals surface area contributed by atoms with Crippen LogP contribution < -0.4 is 15.8 Å². The van der Waals surface area contributed by atoms with E-state index in [1.54, 1.807) is 13.2 Å². The van der Waals surface area contributed by atoms with E-state index in [9.17, 15) is 4.39 Å². The SMILES string of the molecule is COc1ccc(F)cc1CNCN. The molecule has 1 rings (SSSR count). The maximum Gasteiger partial charge on any atom is 0.123 e. The highest BCUT2D eigenvalue weighted by atomic mass is 19.1. The lowest BCUT2D eigenvalue weighted by Crippen LogP contribution is -2.21. The summed E-state index contributed by atoms with van der Waals surface area (Å²) in [7, 11) is 1.55. The molecular weight excluding hydrogens is 171 g/mol. The van der Waals surface area contributed by atoms with E-state index < -0.39 is 0 Å². The highest BCUT2D eigenvalue weighted by Gasteiger charge is 2.02. The summed E-state index contributed by atoms with van der Waals surface area (Å²) < 4.78 is 17.8. The van der Waals surface area contributed by atoms with Crippen LogP contribution in [-0.4, -0.2) is 13.8 Å². The quantitative estimate of drug-likeness (QED) is 0.682. The molecule has 0 saturated heterocycles. The maximum absolute atomic E-state index is 12.8. The van der Waals surface area contributed by atoms with Crippen molar-refractivity contribution in [2.75, 3.05) is 13.8 Å². The molecule has 3 nitrogen and oxygen atoms in total. The Morgan fingerprint density at radius 2 is 2.31 bits per heavy atom. The minimum Gasteiger partial charge on any atom is -0.496 e. The van der Waals surface area contributed by atoms with Gasteiger partial charge in [-0.05, 0) is 18.2 Å². The molecule has 0 radical (unpaired) electrons. The van der Waals surface area contributed by atoms with Crippen LogP contribution in [-0.2, 0) is 6.54 Å². The van der Waals surface area contributed by atoms with Crippen LogP contribution >= 0.6 is 0 Å². The second-order valence-corrected chi connectivity index (χ2v) is 2.59. The van der Waals surface area contributed by atoms with Gasteiger partial charge in [-0.2, -0.15) is 0 Å². The fourth-order valence-electron chi connectivity index (χ4n) is 1.09. The molecule has 0 amide bonds. The van der Waals surface area contributed by atoms with Gasteiger partial charge in [0.05, 0.1) is 7.11 Å². The Balaban J connectivity index is 2.81. The van der Waals surface area contributed by atoms with Gasteiger partial charge in [-0.3, -0.25) is 0 Å². The van der Waals surface area contributed by atoms with E-state index in [-0.39, 0.29) is 5.82 Å². The third-order valence-electron chi connectivity index (χ3n) is 1.70. The molecule has 0 unspecified atom stereocenters. The number of nitrogens with two attached hydrogens (primary N) is 1. The number of methoxy groups -OCH3 is 1. The molecule has 4 heteroatoms. The zero-order valence-electron chi connectivity index (χ0n) is 7.51. The fraction of sp³-hybridized carbons (Fsp3) is 0.333. The van der Waals surface area contributed by atoms with E-state index in [1.807, 2.05) is 0 Å². The Bertz CT molecular complexity index is 278. The molecule has 13 heavy (non-hydrogen) atoms. The lowest BCUT2D eigenvalue weighted by molar-refractivity contribution is 0.406. The molecule has 0 aliphatic heterocycles. The Labute approximate surface area is 76.7 Å². The van der Waals surface area contributed by atoms with Gasteiger partial charge in [-0.15, -0.1) is 0 Å². The zero-order chi connectivity index (χ0) is 9.68. The van der Waals surface area contributed by atoms with Crippen LogP contribution in [0.5, 0.6) is 5.75 Å². The molecule has 0 aliphatic carbocycles. The third kappa shape index (κ3) is 2.68. The van der Waals surface area contributed by atoms with Crippen LogP contribution in [0.3, 0.4) is 0 Å². The van der Waals surface area contributed by atoms with Crippen molar-refractivity contribution >= 4 is 0 Å². The van der Waals surface area contributed by atoms with Crippen molar-refractivity contribution in [1.82, 2.24) is 5.32 Å². The minimum atomic E-state index is -0.269. The number of nitrogens with one attached hydrogen (secondary N) is 1. The summed E-state index contributed by atoms with van der Waals surface area (Å²) in [6, 6.07) is 4.40. The van der Waals surface area contributed by atoms with Crippen molar-refractivity contribution in [2.24, 2.45) is 5.73 Å². The van der Waals surface area contributed by atoms with Gasteiger partial charge in [0, 0.05) is 18.8 Å². The number of halogens is 1. The van der Waals surface area contributed by atoms with Crippen molar-refractivity contribution < 1.29 is 9.13 Å². The molecule has 3 N–H and O–H groups in total. The molecule has 0 heterocycles. The van der Waals surface area contributed by atoms with E-state index in [0.29, 0.717) is 19.0 Å². The molecule has 1 aromatic carbocycles. The van der Waals surface area contributed by atoms with E-state index in [0.717, 1.165) is 5.56 Å². The van der Waals surface area contributed by atoms with Crippen LogP contribution in [0.1, 0.15) is 5.56 Å². The van der Waals surface area contributed by atoms with Crippen LogP contribution in [0.2, 0.25) is 0 Å². The first-order chi connectivity index (χ1) is 6.27. The molecule has 0 aromatic heterocycles. The van der Waals surface area contributed by atoms with Gasteiger partial charge in [0.1, 0.15) is 11.6 Å². The minimum absolute atomic E-state index is 0.269. The topological polar surface area (TPSA) is 47.3 Å². The lowest BCUT2D eigenvalue weighted by atomic mass is 10.2. The largest absolute Gasteiger partial charge is 0.496 e. The first-order valence-corrected chi connectivity index (χ1v) is 4.01. The number of hydrogen-bond acceptors (Lipinski definition) is 3. The second kappa shape index (κ2) is 4.79. The van der Waals surface area contributed by atoms with Crippen LogP contribution in [0.4, 0.5) is 4.39 Å². The second-order valence-electron chi connectivity index (χ2n) is 2.59. The van der Waals surface area contributed by atoms with Crippen molar-refractivity contribution in [2.45, 2.75) is 6.54 Å². The molecule has 0 spiro atoms. The van der Waals surface area contributed by atoms with E-state index in [2.05, 4.69) is 5.32 Å². The molecule has 1 aromatic rings. The summed E-state index contributed by atoms with van der Waals surface area (Å²) >= 11 is 0. The maximum atomic E-state index is 12.8. The van der Waals surface area contributed by atoms with Gasteiger partial charge in [-0.25, -0.2) is 4.39 Å². The first kappa shape index (κ1) is 9.95. The van der Waals surface area contributed by atoms with Gasteiger partial charge in [0.15, 0.2) is 0 Å². The molecule has 0 fully saturated rings. The highest BCUT2D eigenvalue weighted by Crippen LogP contribution is 2.18. The first-order valence-electron chi connectivity index (χ1n) is 4.01. The monoisotopic (exact) mass is 184 g/mol. The summed E-state index contributed by atoms with van der Waals surface area (Å²) in [6.45, 7) is 0.872. The molecule has 72 valence electrons. The predicted molar refractivity (Wildman–Crippen MR) is 48.8 cm³/mol. The Hall–Kier alpha value is -1.13. The number of rotatable bonds is 4. The van der Waals surface area contributed by atoms with Crippen molar-refractivity contribution in [3.8, 4) is 5.75 Å². The van der Waals surface area contributed by atoms with Crippen LogP contribution in [0.15, 0.2) is 18.2 Å². The third-order valence-corrected chi connectivity index (χ3v) is 1.70.